The van der Waals surface area contributed by atoms with E-state index in [1.165, 1.54) is 12.1 Å². The number of benzene rings is 1. The summed E-state index contributed by atoms with van der Waals surface area (Å²) in [5, 5.41) is 14.0. The van der Waals surface area contributed by atoms with Gasteiger partial charge in [0.15, 0.2) is 5.75 Å². The summed E-state index contributed by atoms with van der Waals surface area (Å²) in [6, 6.07) is 2.72. The van der Waals surface area contributed by atoms with Crippen LogP contribution in [0.1, 0.15) is 13.8 Å². The summed E-state index contributed by atoms with van der Waals surface area (Å²) in [6.45, 7) is 4.42. The molecule has 2 rings (SSSR count). The molecule has 0 aromatic heterocycles. The van der Waals surface area contributed by atoms with Crippen LogP contribution in [-0.4, -0.2) is 17.1 Å². The number of nitrogens with one attached hydrogen (secondary N) is 1. The van der Waals surface area contributed by atoms with Crippen molar-refractivity contribution in [3.63, 3.8) is 0 Å². The van der Waals surface area contributed by atoms with Crippen LogP contribution in [0, 0.1) is 10.1 Å². The molecule has 1 aromatic carbocycles. The lowest BCUT2D eigenvalue weighted by atomic mass is 10.1. The normalized spacial score (nSPS) is 16.9. The molecule has 86 valence electrons. The molecule has 5 nitrogen and oxygen atoms in total. The van der Waals surface area contributed by atoms with E-state index >= 15 is 0 Å². The van der Waals surface area contributed by atoms with E-state index in [0.717, 1.165) is 0 Å². The van der Waals surface area contributed by atoms with Crippen molar-refractivity contribution >= 4 is 23.0 Å². The maximum Gasteiger partial charge on any atom is 0.273 e. The fourth-order valence-electron chi connectivity index (χ4n) is 1.54. The van der Waals surface area contributed by atoms with Crippen molar-refractivity contribution in [1.82, 2.24) is 0 Å². The van der Waals surface area contributed by atoms with Gasteiger partial charge in [0.25, 0.3) is 5.69 Å². The molecule has 0 fully saturated rings. The molecule has 0 bridgehead atoms. The predicted octanol–water partition coefficient (Wildman–Crippen LogP) is 2.83. The zero-order valence-corrected chi connectivity index (χ0v) is 9.67. The van der Waals surface area contributed by atoms with Crippen LogP contribution in [0.5, 0.6) is 5.75 Å². The lowest BCUT2D eigenvalue weighted by Crippen LogP contribution is -2.40. The van der Waals surface area contributed by atoms with Gasteiger partial charge in [0, 0.05) is 12.1 Å². The van der Waals surface area contributed by atoms with Gasteiger partial charge in [-0.05, 0) is 13.8 Å². The summed E-state index contributed by atoms with van der Waals surface area (Å²) in [7, 11) is 0. The monoisotopic (exact) mass is 242 g/mol. The van der Waals surface area contributed by atoms with E-state index in [2.05, 4.69) is 5.32 Å². The van der Waals surface area contributed by atoms with Crippen LogP contribution < -0.4 is 10.1 Å². The van der Waals surface area contributed by atoms with Gasteiger partial charge >= 0.3 is 0 Å². The molecule has 6 heteroatoms. The van der Waals surface area contributed by atoms with Crippen molar-refractivity contribution in [3.8, 4) is 5.75 Å². The molecule has 0 aliphatic carbocycles. The number of hydrogen-bond donors (Lipinski definition) is 1. The molecule has 0 spiro atoms. The topological polar surface area (TPSA) is 64.4 Å². The Bertz CT molecular complexity index is 460. The third-order valence-electron chi connectivity index (χ3n) is 2.32. The second-order valence-electron chi connectivity index (χ2n) is 4.28. The smallest absolute Gasteiger partial charge is 0.273 e. The minimum atomic E-state index is -0.479. The fraction of sp³-hybridized carbons (Fsp3) is 0.400. The molecule has 0 atom stereocenters. The van der Waals surface area contributed by atoms with Gasteiger partial charge in [-0.3, -0.25) is 10.1 Å². The number of non-ortho nitro benzene ring substituents is 1. The molecule has 1 heterocycles. The Kier molecular flexibility index (Phi) is 2.42. The minimum absolute atomic E-state index is 0.0421. The van der Waals surface area contributed by atoms with Gasteiger partial charge in [0.1, 0.15) is 5.60 Å². The van der Waals surface area contributed by atoms with Crippen molar-refractivity contribution in [2.45, 2.75) is 19.4 Å². The molecule has 16 heavy (non-hydrogen) atoms. The van der Waals surface area contributed by atoms with Crippen molar-refractivity contribution in [3.05, 3.63) is 27.3 Å². The Morgan fingerprint density at radius 2 is 2.25 bits per heavy atom. The van der Waals surface area contributed by atoms with Crippen molar-refractivity contribution in [1.29, 1.82) is 0 Å². The molecule has 0 saturated heterocycles. The average Bonchev–Trinajstić information content (AvgIpc) is 2.18. The summed E-state index contributed by atoms with van der Waals surface area (Å²) in [4.78, 5) is 10.2. The first-order valence-electron chi connectivity index (χ1n) is 4.80. The maximum atomic E-state index is 10.6. The van der Waals surface area contributed by atoms with Crippen molar-refractivity contribution in [2.24, 2.45) is 0 Å². The number of hydrogen-bond acceptors (Lipinski definition) is 4. The summed E-state index contributed by atoms with van der Waals surface area (Å²) in [6.07, 6.45) is 0. The number of nitro groups is 1. The number of fused-ring (bicyclic) bond motifs is 1. The fourth-order valence-corrected chi connectivity index (χ4v) is 1.79. The third-order valence-corrected chi connectivity index (χ3v) is 2.60. The van der Waals surface area contributed by atoms with Gasteiger partial charge in [0.2, 0.25) is 0 Å². The Morgan fingerprint density at radius 3 is 2.88 bits per heavy atom. The molecular weight excluding hydrogens is 232 g/mol. The standard InChI is InChI=1S/C10H11ClN2O3/c1-10(2)5-12-8-4-6(13(14)15)3-7(11)9(8)16-10/h3-4,12H,5H2,1-2H3. The zero-order chi connectivity index (χ0) is 11.9. The molecule has 1 aromatic rings. The van der Waals surface area contributed by atoms with Crippen LogP contribution in [0.25, 0.3) is 0 Å². The number of halogens is 1. The first kappa shape index (κ1) is 11.0. The quantitative estimate of drug-likeness (QED) is 0.608. The number of nitrogens with zero attached hydrogens (tertiary/aromatic N) is 1. The average molecular weight is 243 g/mol. The Morgan fingerprint density at radius 1 is 1.56 bits per heavy atom. The van der Waals surface area contributed by atoms with E-state index < -0.39 is 4.92 Å². The minimum Gasteiger partial charge on any atom is -0.482 e. The lowest BCUT2D eigenvalue weighted by Gasteiger charge is -2.33. The van der Waals surface area contributed by atoms with Crippen LogP contribution in [0.3, 0.4) is 0 Å². The Labute approximate surface area is 97.5 Å². The van der Waals surface area contributed by atoms with Crippen LogP contribution in [-0.2, 0) is 0 Å². The van der Waals surface area contributed by atoms with Crippen LogP contribution in [0.2, 0.25) is 5.02 Å². The van der Waals surface area contributed by atoms with E-state index in [1.54, 1.807) is 0 Å². The summed E-state index contributed by atoms with van der Waals surface area (Å²) in [5.41, 5.74) is 0.158. The van der Waals surface area contributed by atoms with E-state index in [-0.39, 0.29) is 16.3 Å². The van der Waals surface area contributed by atoms with Gasteiger partial charge < -0.3 is 10.1 Å². The third kappa shape index (κ3) is 1.90. The highest BCUT2D eigenvalue weighted by atomic mass is 35.5. The van der Waals surface area contributed by atoms with Crippen LogP contribution in [0.4, 0.5) is 11.4 Å². The molecular formula is C10H11ClN2O3. The van der Waals surface area contributed by atoms with Gasteiger partial charge in [0.05, 0.1) is 22.2 Å². The highest BCUT2D eigenvalue weighted by molar-refractivity contribution is 6.32. The molecule has 1 N–H and O–H groups in total. The summed E-state index contributed by atoms with van der Waals surface area (Å²) >= 11 is 5.95. The van der Waals surface area contributed by atoms with Crippen LogP contribution >= 0.6 is 11.6 Å². The van der Waals surface area contributed by atoms with Crippen LogP contribution in [0.15, 0.2) is 12.1 Å². The zero-order valence-electron chi connectivity index (χ0n) is 8.91. The number of ether oxygens (including phenoxy) is 1. The van der Waals surface area contributed by atoms with E-state index in [0.29, 0.717) is 18.0 Å². The lowest BCUT2D eigenvalue weighted by molar-refractivity contribution is -0.384. The largest absolute Gasteiger partial charge is 0.482 e. The van der Waals surface area contributed by atoms with E-state index in [1.807, 2.05) is 13.8 Å². The van der Waals surface area contributed by atoms with E-state index in [9.17, 15) is 10.1 Å². The second kappa shape index (κ2) is 3.52. The molecule has 0 amide bonds. The SMILES string of the molecule is CC1(C)CNc2cc([N+](=O)[O-])cc(Cl)c2O1. The predicted molar refractivity (Wildman–Crippen MR) is 61.3 cm³/mol. The molecule has 1 aliphatic rings. The maximum absolute atomic E-state index is 10.6. The van der Waals surface area contributed by atoms with Crippen molar-refractivity contribution in [2.75, 3.05) is 11.9 Å². The summed E-state index contributed by atoms with van der Waals surface area (Å²) in [5.74, 6) is 0.475. The number of rotatable bonds is 1. The highest BCUT2D eigenvalue weighted by Gasteiger charge is 2.29. The molecule has 1 aliphatic heterocycles. The first-order chi connectivity index (χ1) is 7.39. The number of anilines is 1. The highest BCUT2D eigenvalue weighted by Crippen LogP contribution is 2.41. The molecule has 0 radical (unpaired) electrons. The first-order valence-corrected chi connectivity index (χ1v) is 5.18. The molecule has 0 saturated carbocycles. The second-order valence-corrected chi connectivity index (χ2v) is 4.68. The van der Waals surface area contributed by atoms with Gasteiger partial charge in [-0.25, -0.2) is 0 Å². The summed E-state index contributed by atoms with van der Waals surface area (Å²) < 4.78 is 5.67. The van der Waals surface area contributed by atoms with Gasteiger partial charge in [-0.2, -0.15) is 0 Å². The Hall–Kier alpha value is -1.49. The van der Waals surface area contributed by atoms with Crippen molar-refractivity contribution < 1.29 is 9.66 Å². The van der Waals surface area contributed by atoms with Gasteiger partial charge in [-0.1, -0.05) is 11.6 Å². The molecule has 0 unspecified atom stereocenters. The Balaban J connectivity index is 2.48. The van der Waals surface area contributed by atoms with Gasteiger partial charge in [-0.15, -0.1) is 0 Å². The van der Waals surface area contributed by atoms with E-state index in [4.69, 9.17) is 16.3 Å². The number of nitro benzene ring substituents is 1.